The van der Waals surface area contributed by atoms with Crippen LogP contribution in [-0.2, 0) is 4.74 Å². The fourth-order valence-electron chi connectivity index (χ4n) is 4.09. The number of amides is 2. The van der Waals surface area contributed by atoms with Crippen LogP contribution in [0.3, 0.4) is 0 Å². The van der Waals surface area contributed by atoms with Crippen molar-refractivity contribution in [2.24, 2.45) is 0 Å². The highest BCUT2D eigenvalue weighted by molar-refractivity contribution is 6.00. The monoisotopic (exact) mass is 532 g/mol. The summed E-state index contributed by atoms with van der Waals surface area (Å²) in [5, 5.41) is 12.8. The Morgan fingerprint density at radius 3 is 2.08 bits per heavy atom. The molecular weight excluding hydrogens is 490 g/mol. The molecule has 1 unspecified atom stereocenters. The van der Waals surface area contributed by atoms with Gasteiger partial charge in [-0.3, -0.25) is 9.59 Å². The number of aryl methyl sites for hydroxylation is 2. The highest BCUT2D eigenvalue weighted by Crippen LogP contribution is 2.22. The molecule has 0 saturated heterocycles. The van der Waals surface area contributed by atoms with Crippen molar-refractivity contribution in [2.45, 2.75) is 78.4 Å². The van der Waals surface area contributed by atoms with Crippen molar-refractivity contribution in [3.63, 3.8) is 0 Å². The maximum Gasteiger partial charge on any atom is 0.253 e. The molecule has 0 aliphatic heterocycles. The third-order valence-corrected chi connectivity index (χ3v) is 6.22. The standard InChI is InChI=1S/C23H36N2O4.C7H6F2/c1-4-10-25(11-5-2)23(28)19-14-17(3)13-18(15-19)22(27)24-16-20(26)9-12-29-21-7-6-8-21;1-5-2-6(8)4-7(9)3-5/h13-15,20-21,26H,4-12,16H2,1-3H3,(H,24,27);2-4H,1H3. The van der Waals surface area contributed by atoms with E-state index in [4.69, 9.17) is 4.74 Å². The summed E-state index contributed by atoms with van der Waals surface area (Å²) < 4.78 is 30.0. The average Bonchev–Trinajstić information content (AvgIpc) is 2.82. The summed E-state index contributed by atoms with van der Waals surface area (Å²) in [5.74, 6) is -1.36. The molecule has 210 valence electrons. The number of benzene rings is 2. The minimum atomic E-state index is -0.644. The van der Waals surface area contributed by atoms with E-state index < -0.39 is 17.7 Å². The highest BCUT2D eigenvalue weighted by atomic mass is 19.1. The van der Waals surface area contributed by atoms with Crippen molar-refractivity contribution in [1.29, 1.82) is 0 Å². The van der Waals surface area contributed by atoms with Gasteiger partial charge in [0.15, 0.2) is 0 Å². The van der Waals surface area contributed by atoms with E-state index in [1.807, 2.05) is 31.7 Å². The van der Waals surface area contributed by atoms with E-state index in [9.17, 15) is 23.5 Å². The van der Waals surface area contributed by atoms with Gasteiger partial charge in [-0.2, -0.15) is 0 Å². The largest absolute Gasteiger partial charge is 0.391 e. The molecule has 1 fully saturated rings. The number of carbonyl (C=O) groups is 2. The van der Waals surface area contributed by atoms with E-state index in [-0.39, 0.29) is 18.4 Å². The first kappa shape index (κ1) is 31.4. The zero-order valence-corrected chi connectivity index (χ0v) is 23.1. The summed E-state index contributed by atoms with van der Waals surface area (Å²) in [6.07, 6.45) is 5.43. The number of nitrogens with zero attached hydrogens (tertiary/aromatic N) is 1. The number of aliphatic hydroxyl groups excluding tert-OH is 1. The molecular formula is C30H42F2N2O4. The molecule has 1 aliphatic carbocycles. The van der Waals surface area contributed by atoms with Crippen LogP contribution in [0.1, 0.15) is 84.2 Å². The topological polar surface area (TPSA) is 78.9 Å². The number of nitrogens with one attached hydrogen (secondary N) is 1. The van der Waals surface area contributed by atoms with Crippen molar-refractivity contribution in [3.8, 4) is 0 Å². The van der Waals surface area contributed by atoms with Gasteiger partial charge in [-0.25, -0.2) is 8.78 Å². The van der Waals surface area contributed by atoms with Crippen molar-refractivity contribution in [2.75, 3.05) is 26.2 Å². The van der Waals surface area contributed by atoms with Crippen LogP contribution in [0.4, 0.5) is 8.78 Å². The van der Waals surface area contributed by atoms with E-state index in [0.717, 1.165) is 37.3 Å². The van der Waals surface area contributed by atoms with Crippen LogP contribution in [0.25, 0.3) is 0 Å². The van der Waals surface area contributed by atoms with Gasteiger partial charge in [-0.05, 0) is 93.8 Å². The SMILES string of the molecule is CCCN(CCC)C(=O)c1cc(C)cc(C(=O)NCC(O)CCOC2CCC2)c1.Cc1cc(F)cc(F)c1. The average molecular weight is 533 g/mol. The Hall–Kier alpha value is -2.84. The van der Waals surface area contributed by atoms with Crippen molar-refractivity contribution in [1.82, 2.24) is 10.2 Å². The summed E-state index contributed by atoms with van der Waals surface area (Å²) >= 11 is 0. The lowest BCUT2D eigenvalue weighted by Gasteiger charge is -2.26. The Kier molecular flexibility index (Phi) is 13.4. The number of hydrogen-bond donors (Lipinski definition) is 2. The predicted molar refractivity (Wildman–Crippen MR) is 145 cm³/mol. The lowest BCUT2D eigenvalue weighted by atomic mass is 9.96. The van der Waals surface area contributed by atoms with Crippen LogP contribution in [0.5, 0.6) is 0 Å². The Morgan fingerprint density at radius 2 is 1.55 bits per heavy atom. The molecule has 1 saturated carbocycles. The first-order valence-corrected chi connectivity index (χ1v) is 13.5. The normalized spacial score (nSPS) is 13.7. The van der Waals surface area contributed by atoms with Crippen LogP contribution in [-0.4, -0.2) is 60.3 Å². The van der Waals surface area contributed by atoms with Gasteiger partial charge in [0, 0.05) is 43.4 Å². The Bertz CT molecular complexity index is 986. The quantitative estimate of drug-likeness (QED) is 0.374. The van der Waals surface area contributed by atoms with Gasteiger partial charge in [0.1, 0.15) is 11.6 Å². The van der Waals surface area contributed by atoms with E-state index >= 15 is 0 Å². The van der Waals surface area contributed by atoms with Crippen molar-refractivity contribution in [3.05, 3.63) is 70.3 Å². The summed E-state index contributed by atoms with van der Waals surface area (Å²) in [5.41, 5.74) is 2.45. The molecule has 2 aromatic rings. The molecule has 0 spiro atoms. The van der Waals surface area contributed by atoms with Gasteiger partial charge in [0.25, 0.3) is 11.8 Å². The molecule has 0 radical (unpaired) electrons. The Labute approximate surface area is 225 Å². The van der Waals surface area contributed by atoms with Gasteiger partial charge in [-0.15, -0.1) is 0 Å². The first-order chi connectivity index (χ1) is 18.1. The fourth-order valence-corrected chi connectivity index (χ4v) is 4.09. The van der Waals surface area contributed by atoms with E-state index in [1.165, 1.54) is 18.6 Å². The zero-order valence-electron chi connectivity index (χ0n) is 23.1. The number of ether oxygens (including phenoxy) is 1. The second-order valence-electron chi connectivity index (χ2n) is 9.90. The maximum absolute atomic E-state index is 12.9. The van der Waals surface area contributed by atoms with Gasteiger partial charge in [0.05, 0.1) is 12.2 Å². The molecule has 6 nitrogen and oxygen atoms in total. The Balaban J connectivity index is 0.000000474. The summed E-state index contributed by atoms with van der Waals surface area (Å²) in [6, 6.07) is 8.65. The van der Waals surface area contributed by atoms with E-state index in [1.54, 1.807) is 19.1 Å². The summed E-state index contributed by atoms with van der Waals surface area (Å²) in [6.45, 7) is 9.71. The third-order valence-electron chi connectivity index (χ3n) is 6.22. The smallest absolute Gasteiger partial charge is 0.253 e. The van der Waals surface area contributed by atoms with Gasteiger partial charge >= 0.3 is 0 Å². The van der Waals surface area contributed by atoms with Gasteiger partial charge in [0.2, 0.25) is 0 Å². The van der Waals surface area contributed by atoms with E-state index in [2.05, 4.69) is 5.32 Å². The summed E-state index contributed by atoms with van der Waals surface area (Å²) in [7, 11) is 0. The highest BCUT2D eigenvalue weighted by Gasteiger charge is 2.19. The summed E-state index contributed by atoms with van der Waals surface area (Å²) in [4.78, 5) is 27.3. The van der Waals surface area contributed by atoms with Crippen LogP contribution in [0.15, 0.2) is 36.4 Å². The van der Waals surface area contributed by atoms with Gasteiger partial charge in [-0.1, -0.05) is 13.8 Å². The van der Waals surface area contributed by atoms with Crippen LogP contribution < -0.4 is 5.32 Å². The Morgan fingerprint density at radius 1 is 0.974 bits per heavy atom. The molecule has 38 heavy (non-hydrogen) atoms. The molecule has 0 aromatic heterocycles. The zero-order chi connectivity index (χ0) is 28.1. The van der Waals surface area contributed by atoms with Gasteiger partial charge < -0.3 is 20.1 Å². The number of halogens is 2. The third kappa shape index (κ3) is 10.9. The number of hydrogen-bond acceptors (Lipinski definition) is 4. The lowest BCUT2D eigenvalue weighted by Crippen LogP contribution is -2.34. The fraction of sp³-hybridized carbons (Fsp3) is 0.533. The molecule has 2 aromatic carbocycles. The van der Waals surface area contributed by atoms with Crippen molar-refractivity contribution >= 4 is 11.8 Å². The first-order valence-electron chi connectivity index (χ1n) is 13.5. The second-order valence-corrected chi connectivity index (χ2v) is 9.90. The van der Waals surface area contributed by atoms with Crippen LogP contribution >= 0.6 is 0 Å². The lowest BCUT2D eigenvalue weighted by molar-refractivity contribution is -0.0123. The van der Waals surface area contributed by atoms with Crippen LogP contribution in [0.2, 0.25) is 0 Å². The number of carbonyl (C=O) groups excluding carboxylic acids is 2. The maximum atomic E-state index is 12.9. The minimum absolute atomic E-state index is 0.0420. The molecule has 8 heteroatoms. The molecule has 0 heterocycles. The molecule has 2 N–H and O–H groups in total. The predicted octanol–water partition coefficient (Wildman–Crippen LogP) is 5.58. The molecule has 3 rings (SSSR count). The van der Waals surface area contributed by atoms with Crippen molar-refractivity contribution < 1.29 is 28.2 Å². The minimum Gasteiger partial charge on any atom is -0.391 e. The number of aliphatic hydroxyl groups is 1. The van der Waals surface area contributed by atoms with Crippen LogP contribution in [0, 0.1) is 25.5 Å². The molecule has 2 amide bonds. The second kappa shape index (κ2) is 16.2. The molecule has 1 aliphatic rings. The van der Waals surface area contributed by atoms with E-state index in [0.29, 0.717) is 48.9 Å². The molecule has 1 atom stereocenters. The molecule has 0 bridgehead atoms. The number of rotatable bonds is 12.